The summed E-state index contributed by atoms with van der Waals surface area (Å²) in [7, 11) is 0. The summed E-state index contributed by atoms with van der Waals surface area (Å²) in [4.78, 5) is 24.9. The number of halogens is 3. The van der Waals surface area contributed by atoms with Gasteiger partial charge in [-0.15, -0.1) is 0 Å². The molecule has 20 heavy (non-hydrogen) atoms. The van der Waals surface area contributed by atoms with Gasteiger partial charge in [-0.2, -0.15) is 13.2 Å². The molecular formula is C13H13F3N2O2. The van der Waals surface area contributed by atoms with Gasteiger partial charge in [-0.1, -0.05) is 6.07 Å². The van der Waals surface area contributed by atoms with E-state index in [0.29, 0.717) is 0 Å². The number of piperazine rings is 1. The lowest BCUT2D eigenvalue weighted by Crippen LogP contribution is -2.61. The topological polar surface area (TPSA) is 49.4 Å². The van der Waals surface area contributed by atoms with Gasteiger partial charge in [0.2, 0.25) is 11.8 Å². The summed E-state index contributed by atoms with van der Waals surface area (Å²) < 4.78 is 38.1. The highest BCUT2D eigenvalue weighted by Gasteiger charge is 2.38. The van der Waals surface area contributed by atoms with Crippen LogP contribution in [0.15, 0.2) is 24.3 Å². The highest BCUT2D eigenvalue weighted by atomic mass is 19.4. The monoisotopic (exact) mass is 286 g/mol. The van der Waals surface area contributed by atoms with Crippen molar-refractivity contribution in [2.75, 3.05) is 4.90 Å². The van der Waals surface area contributed by atoms with Crippen LogP contribution in [0.5, 0.6) is 0 Å². The Bertz CT molecular complexity index is 557. The highest BCUT2D eigenvalue weighted by Crippen LogP contribution is 2.32. The zero-order chi connectivity index (χ0) is 15.1. The summed E-state index contributed by atoms with van der Waals surface area (Å²) in [6.45, 7) is 2.96. The van der Waals surface area contributed by atoms with E-state index in [1.807, 2.05) is 0 Å². The number of amides is 2. The van der Waals surface area contributed by atoms with E-state index in [-0.39, 0.29) is 5.69 Å². The van der Waals surface area contributed by atoms with Gasteiger partial charge in [0.15, 0.2) is 0 Å². The summed E-state index contributed by atoms with van der Waals surface area (Å²) in [5.74, 6) is -0.828. The maximum atomic E-state index is 12.7. The molecule has 0 aliphatic carbocycles. The zero-order valence-corrected chi connectivity index (χ0v) is 10.9. The minimum Gasteiger partial charge on any atom is -0.343 e. The van der Waals surface area contributed by atoms with Crippen LogP contribution in [0.4, 0.5) is 18.9 Å². The first-order chi connectivity index (χ1) is 9.21. The molecule has 2 atom stereocenters. The van der Waals surface area contributed by atoms with E-state index in [9.17, 15) is 22.8 Å². The second kappa shape index (κ2) is 4.81. The Kier molecular flexibility index (Phi) is 3.45. The van der Waals surface area contributed by atoms with Crippen LogP contribution in [-0.2, 0) is 15.8 Å². The van der Waals surface area contributed by atoms with E-state index in [2.05, 4.69) is 5.32 Å². The lowest BCUT2D eigenvalue weighted by Gasteiger charge is -2.36. The SMILES string of the molecule is CC1NC(=O)C(C)N(c2cccc(C(F)(F)F)c2)C1=O. The number of hydrogen-bond donors (Lipinski definition) is 1. The van der Waals surface area contributed by atoms with Crippen molar-refractivity contribution in [3.05, 3.63) is 29.8 Å². The summed E-state index contributed by atoms with van der Waals surface area (Å²) in [5.41, 5.74) is -0.785. The molecule has 2 unspecified atom stereocenters. The standard InChI is InChI=1S/C13H13F3N2O2/c1-7-12(20)18(8(2)11(19)17-7)10-5-3-4-9(6-10)13(14,15)16/h3-8H,1-2H3,(H,17,19). The van der Waals surface area contributed by atoms with Gasteiger partial charge in [-0.05, 0) is 32.0 Å². The van der Waals surface area contributed by atoms with Crippen molar-refractivity contribution in [1.29, 1.82) is 0 Å². The molecule has 7 heteroatoms. The normalized spacial score (nSPS) is 23.8. The molecule has 0 bridgehead atoms. The largest absolute Gasteiger partial charge is 0.416 e. The fraction of sp³-hybridized carbons (Fsp3) is 0.385. The third-order valence-electron chi connectivity index (χ3n) is 3.19. The minimum atomic E-state index is -4.49. The number of benzene rings is 1. The molecular weight excluding hydrogens is 273 g/mol. The summed E-state index contributed by atoms with van der Waals surface area (Å²) in [6, 6.07) is 2.80. The zero-order valence-electron chi connectivity index (χ0n) is 10.9. The van der Waals surface area contributed by atoms with E-state index in [0.717, 1.165) is 17.0 Å². The van der Waals surface area contributed by atoms with Gasteiger partial charge in [0.25, 0.3) is 0 Å². The van der Waals surface area contributed by atoms with Crippen molar-refractivity contribution in [3.63, 3.8) is 0 Å². The maximum Gasteiger partial charge on any atom is 0.416 e. The number of nitrogens with one attached hydrogen (secondary N) is 1. The second-order valence-corrected chi connectivity index (χ2v) is 4.66. The Hall–Kier alpha value is -2.05. The molecule has 2 amide bonds. The Morgan fingerprint density at radius 3 is 2.45 bits per heavy atom. The van der Waals surface area contributed by atoms with Gasteiger partial charge >= 0.3 is 6.18 Å². The van der Waals surface area contributed by atoms with E-state index in [1.54, 1.807) is 0 Å². The molecule has 1 heterocycles. The third kappa shape index (κ3) is 2.48. The second-order valence-electron chi connectivity index (χ2n) is 4.66. The molecule has 1 saturated heterocycles. The minimum absolute atomic E-state index is 0.0685. The molecule has 108 valence electrons. The smallest absolute Gasteiger partial charge is 0.343 e. The molecule has 2 rings (SSSR count). The van der Waals surface area contributed by atoms with Crippen molar-refractivity contribution in [1.82, 2.24) is 5.32 Å². The van der Waals surface area contributed by atoms with Gasteiger partial charge in [-0.25, -0.2) is 0 Å². The number of rotatable bonds is 1. The van der Waals surface area contributed by atoms with E-state index in [4.69, 9.17) is 0 Å². The lowest BCUT2D eigenvalue weighted by atomic mass is 10.1. The van der Waals surface area contributed by atoms with E-state index < -0.39 is 35.6 Å². The number of nitrogens with zero attached hydrogens (tertiary/aromatic N) is 1. The van der Waals surface area contributed by atoms with Gasteiger partial charge in [0, 0.05) is 5.69 Å². The maximum absolute atomic E-state index is 12.7. The molecule has 1 aliphatic heterocycles. The van der Waals surface area contributed by atoms with Crippen LogP contribution in [0.1, 0.15) is 19.4 Å². The van der Waals surface area contributed by atoms with E-state index in [1.165, 1.54) is 26.0 Å². The van der Waals surface area contributed by atoms with Gasteiger partial charge in [-0.3, -0.25) is 14.5 Å². The first-order valence-corrected chi connectivity index (χ1v) is 6.02. The number of anilines is 1. The predicted molar refractivity (Wildman–Crippen MR) is 66.0 cm³/mol. The summed E-state index contributed by atoms with van der Waals surface area (Å²) >= 11 is 0. The average Bonchev–Trinajstić information content (AvgIpc) is 2.36. The fourth-order valence-corrected chi connectivity index (χ4v) is 2.10. The van der Waals surface area contributed by atoms with Crippen LogP contribution in [0, 0.1) is 0 Å². The quantitative estimate of drug-likeness (QED) is 0.857. The van der Waals surface area contributed by atoms with Crippen molar-refractivity contribution >= 4 is 17.5 Å². The molecule has 4 nitrogen and oxygen atoms in total. The van der Waals surface area contributed by atoms with Crippen LogP contribution < -0.4 is 10.2 Å². The van der Waals surface area contributed by atoms with Crippen LogP contribution >= 0.6 is 0 Å². The predicted octanol–water partition coefficient (Wildman–Crippen LogP) is 1.95. The molecule has 0 radical (unpaired) electrons. The van der Waals surface area contributed by atoms with Gasteiger partial charge in [0.05, 0.1) is 5.56 Å². The number of carbonyl (C=O) groups is 2. The van der Waals surface area contributed by atoms with E-state index >= 15 is 0 Å². The van der Waals surface area contributed by atoms with Crippen molar-refractivity contribution in [2.45, 2.75) is 32.1 Å². The first kappa shape index (κ1) is 14.4. The van der Waals surface area contributed by atoms with Gasteiger partial charge < -0.3 is 5.32 Å². The molecule has 0 spiro atoms. The Balaban J connectivity index is 2.44. The van der Waals surface area contributed by atoms with Crippen LogP contribution in [0.2, 0.25) is 0 Å². The molecule has 1 aliphatic rings. The van der Waals surface area contributed by atoms with Crippen molar-refractivity contribution in [3.8, 4) is 0 Å². The van der Waals surface area contributed by atoms with Crippen molar-refractivity contribution in [2.24, 2.45) is 0 Å². The summed E-state index contributed by atoms with van der Waals surface area (Å²) in [6.07, 6.45) is -4.49. The Labute approximate surface area is 113 Å². The van der Waals surface area contributed by atoms with Crippen LogP contribution in [-0.4, -0.2) is 23.9 Å². The van der Waals surface area contributed by atoms with Crippen molar-refractivity contribution < 1.29 is 22.8 Å². The Morgan fingerprint density at radius 2 is 1.85 bits per heavy atom. The number of carbonyl (C=O) groups excluding carboxylic acids is 2. The number of alkyl halides is 3. The van der Waals surface area contributed by atoms with Crippen LogP contribution in [0.25, 0.3) is 0 Å². The highest BCUT2D eigenvalue weighted by molar-refractivity contribution is 6.08. The molecule has 1 fully saturated rings. The molecule has 0 aromatic heterocycles. The van der Waals surface area contributed by atoms with Crippen LogP contribution in [0.3, 0.4) is 0 Å². The summed E-state index contributed by atoms with van der Waals surface area (Å²) in [5, 5.41) is 2.47. The third-order valence-corrected chi connectivity index (χ3v) is 3.19. The number of hydrogen-bond acceptors (Lipinski definition) is 2. The molecule has 0 saturated carbocycles. The molecule has 1 aromatic carbocycles. The molecule has 1 aromatic rings. The lowest BCUT2D eigenvalue weighted by molar-refractivity contribution is -0.137. The average molecular weight is 286 g/mol. The molecule has 1 N–H and O–H groups in total. The fourth-order valence-electron chi connectivity index (χ4n) is 2.10. The first-order valence-electron chi connectivity index (χ1n) is 6.02. The Morgan fingerprint density at radius 1 is 1.20 bits per heavy atom. The van der Waals surface area contributed by atoms with Gasteiger partial charge in [0.1, 0.15) is 12.1 Å².